The molecular formula is C18H16O4. The Hall–Kier alpha value is -2.75. The van der Waals surface area contributed by atoms with Crippen molar-refractivity contribution in [1.29, 1.82) is 0 Å². The van der Waals surface area contributed by atoms with Gasteiger partial charge in [0.25, 0.3) is 0 Å². The number of benzene rings is 2. The Morgan fingerprint density at radius 1 is 1.14 bits per heavy atom. The van der Waals surface area contributed by atoms with Crippen LogP contribution in [-0.2, 0) is 6.42 Å². The molecule has 1 N–H and O–H groups in total. The van der Waals surface area contributed by atoms with Crippen molar-refractivity contribution in [2.24, 2.45) is 0 Å². The van der Waals surface area contributed by atoms with Crippen LogP contribution in [0.1, 0.15) is 18.9 Å². The van der Waals surface area contributed by atoms with E-state index in [4.69, 9.17) is 9.15 Å². The second kappa shape index (κ2) is 5.93. The fourth-order valence-corrected chi connectivity index (χ4v) is 2.44. The quantitative estimate of drug-likeness (QED) is 0.731. The van der Waals surface area contributed by atoms with Gasteiger partial charge < -0.3 is 14.3 Å². The summed E-state index contributed by atoms with van der Waals surface area (Å²) in [7, 11) is 0. The molecule has 0 spiro atoms. The monoisotopic (exact) mass is 296 g/mol. The maximum Gasteiger partial charge on any atom is 0.379 e. The third kappa shape index (κ3) is 2.68. The molecule has 0 aliphatic carbocycles. The topological polar surface area (TPSA) is 59.7 Å². The number of fused-ring (bicyclic) bond motifs is 1. The molecule has 112 valence electrons. The summed E-state index contributed by atoms with van der Waals surface area (Å²) in [5.41, 5.74) is 0.636. The van der Waals surface area contributed by atoms with Gasteiger partial charge in [0, 0.05) is 17.0 Å². The van der Waals surface area contributed by atoms with E-state index in [1.165, 1.54) is 6.07 Å². The zero-order valence-electron chi connectivity index (χ0n) is 12.2. The highest BCUT2D eigenvalue weighted by atomic mass is 16.5. The second-order valence-corrected chi connectivity index (χ2v) is 5.04. The minimum atomic E-state index is -0.537. The van der Waals surface area contributed by atoms with Crippen molar-refractivity contribution in [3.05, 3.63) is 64.5 Å². The fraction of sp³-hybridized carbons (Fsp3) is 0.167. The van der Waals surface area contributed by atoms with Gasteiger partial charge in [-0.1, -0.05) is 31.5 Å². The van der Waals surface area contributed by atoms with E-state index in [0.29, 0.717) is 17.8 Å². The smallest absolute Gasteiger partial charge is 0.379 e. The first-order valence-corrected chi connectivity index (χ1v) is 7.20. The minimum absolute atomic E-state index is 0.0647. The molecular weight excluding hydrogens is 280 g/mol. The lowest BCUT2D eigenvalue weighted by molar-refractivity contribution is 0.429. The average Bonchev–Trinajstić information content (AvgIpc) is 2.51. The predicted molar refractivity (Wildman–Crippen MR) is 84.7 cm³/mol. The molecule has 0 radical (unpaired) electrons. The van der Waals surface area contributed by atoms with Crippen molar-refractivity contribution in [3.63, 3.8) is 0 Å². The number of phenolic OH excluding ortho intramolecular Hbond substituents is 1. The molecule has 1 heterocycles. The molecule has 0 saturated heterocycles. The van der Waals surface area contributed by atoms with Crippen molar-refractivity contribution < 1.29 is 14.3 Å². The molecule has 0 aliphatic heterocycles. The Bertz CT molecular complexity index is 850. The summed E-state index contributed by atoms with van der Waals surface area (Å²) in [6.45, 7) is 2.03. The van der Waals surface area contributed by atoms with Crippen molar-refractivity contribution in [3.8, 4) is 17.2 Å². The van der Waals surface area contributed by atoms with E-state index in [9.17, 15) is 9.90 Å². The van der Waals surface area contributed by atoms with Crippen LogP contribution >= 0.6 is 0 Å². The van der Waals surface area contributed by atoms with E-state index in [1.807, 2.05) is 25.1 Å². The van der Waals surface area contributed by atoms with Crippen LogP contribution in [0.5, 0.6) is 17.2 Å². The minimum Gasteiger partial charge on any atom is -0.508 e. The Morgan fingerprint density at radius 3 is 2.64 bits per heavy atom. The molecule has 1 aromatic heterocycles. The standard InChI is InChI=1S/C18H16O4/c1-2-6-15-14-10-9-12(19)11-16(14)22-18(20)17(15)21-13-7-4-3-5-8-13/h3-5,7-11,19H,2,6H2,1H3. The van der Waals surface area contributed by atoms with Crippen LogP contribution in [0.4, 0.5) is 0 Å². The van der Waals surface area contributed by atoms with Gasteiger partial charge in [-0.25, -0.2) is 4.79 Å². The summed E-state index contributed by atoms with van der Waals surface area (Å²) in [6.07, 6.45) is 1.56. The van der Waals surface area contributed by atoms with Crippen LogP contribution in [0.25, 0.3) is 11.0 Å². The zero-order valence-corrected chi connectivity index (χ0v) is 12.2. The first kappa shape index (κ1) is 14.2. The highest BCUT2D eigenvalue weighted by molar-refractivity contribution is 5.83. The van der Waals surface area contributed by atoms with Gasteiger partial charge >= 0.3 is 5.63 Å². The number of para-hydroxylation sites is 1. The third-order valence-corrected chi connectivity index (χ3v) is 3.42. The van der Waals surface area contributed by atoms with E-state index in [1.54, 1.807) is 24.3 Å². The van der Waals surface area contributed by atoms with Gasteiger partial charge in [-0.15, -0.1) is 0 Å². The molecule has 0 aliphatic rings. The van der Waals surface area contributed by atoms with Crippen molar-refractivity contribution >= 4 is 11.0 Å². The summed E-state index contributed by atoms with van der Waals surface area (Å²) in [5, 5.41) is 10.3. The fourth-order valence-electron chi connectivity index (χ4n) is 2.44. The molecule has 3 aromatic rings. The molecule has 22 heavy (non-hydrogen) atoms. The SMILES string of the molecule is CCCc1c(Oc2ccccc2)c(=O)oc2cc(O)ccc12. The largest absolute Gasteiger partial charge is 0.508 e. The predicted octanol–water partition coefficient (Wildman–Crippen LogP) is 4.24. The van der Waals surface area contributed by atoms with Crippen LogP contribution in [0.3, 0.4) is 0 Å². The van der Waals surface area contributed by atoms with Crippen LogP contribution in [0.15, 0.2) is 57.7 Å². The third-order valence-electron chi connectivity index (χ3n) is 3.42. The zero-order chi connectivity index (χ0) is 15.5. The summed E-state index contributed by atoms with van der Waals surface area (Å²) in [6, 6.07) is 13.9. The van der Waals surface area contributed by atoms with E-state index in [-0.39, 0.29) is 11.5 Å². The molecule has 2 aromatic carbocycles. The lowest BCUT2D eigenvalue weighted by Gasteiger charge is -2.12. The Labute approximate surface area is 127 Å². The van der Waals surface area contributed by atoms with Crippen LogP contribution in [-0.4, -0.2) is 5.11 Å². The maximum atomic E-state index is 12.3. The molecule has 3 rings (SSSR count). The number of hydrogen-bond donors (Lipinski definition) is 1. The van der Waals surface area contributed by atoms with E-state index >= 15 is 0 Å². The lowest BCUT2D eigenvalue weighted by atomic mass is 10.0. The van der Waals surface area contributed by atoms with Gasteiger partial charge in [-0.3, -0.25) is 0 Å². The first-order valence-electron chi connectivity index (χ1n) is 7.20. The number of phenols is 1. The highest BCUT2D eigenvalue weighted by Gasteiger charge is 2.16. The van der Waals surface area contributed by atoms with Crippen LogP contribution in [0, 0.1) is 0 Å². The second-order valence-electron chi connectivity index (χ2n) is 5.04. The number of aromatic hydroxyl groups is 1. The van der Waals surface area contributed by atoms with Crippen molar-refractivity contribution in [2.45, 2.75) is 19.8 Å². The Morgan fingerprint density at radius 2 is 1.91 bits per heavy atom. The summed E-state index contributed by atoms with van der Waals surface area (Å²) in [4.78, 5) is 12.3. The molecule has 0 bridgehead atoms. The first-order chi connectivity index (χ1) is 10.7. The number of rotatable bonds is 4. The van der Waals surface area contributed by atoms with Crippen LogP contribution < -0.4 is 10.4 Å². The average molecular weight is 296 g/mol. The number of ether oxygens (including phenoxy) is 1. The molecule has 0 fully saturated rings. The Kier molecular flexibility index (Phi) is 3.83. The lowest BCUT2D eigenvalue weighted by Crippen LogP contribution is -2.08. The van der Waals surface area contributed by atoms with Gasteiger partial charge in [-0.05, 0) is 30.7 Å². The maximum absolute atomic E-state index is 12.3. The molecule has 4 nitrogen and oxygen atoms in total. The Balaban J connectivity index is 2.20. The normalized spacial score (nSPS) is 10.8. The van der Waals surface area contributed by atoms with Crippen LogP contribution in [0.2, 0.25) is 0 Å². The summed E-state index contributed by atoms with van der Waals surface area (Å²) in [5.74, 6) is 0.867. The van der Waals surface area contributed by atoms with Gasteiger partial charge in [0.15, 0.2) is 0 Å². The molecule has 0 unspecified atom stereocenters. The highest BCUT2D eigenvalue weighted by Crippen LogP contribution is 2.31. The number of hydrogen-bond acceptors (Lipinski definition) is 4. The van der Waals surface area contributed by atoms with Gasteiger partial charge in [0.2, 0.25) is 5.75 Å². The summed E-state index contributed by atoms with van der Waals surface area (Å²) < 4.78 is 11.1. The van der Waals surface area contributed by atoms with Gasteiger partial charge in [-0.2, -0.15) is 0 Å². The number of aryl methyl sites for hydroxylation is 1. The van der Waals surface area contributed by atoms with Gasteiger partial charge in [0.05, 0.1) is 0 Å². The summed E-state index contributed by atoms with van der Waals surface area (Å²) >= 11 is 0. The molecule has 4 heteroatoms. The molecule has 0 amide bonds. The molecule has 0 atom stereocenters. The van der Waals surface area contributed by atoms with Crippen molar-refractivity contribution in [1.82, 2.24) is 0 Å². The van der Waals surface area contributed by atoms with E-state index in [2.05, 4.69) is 0 Å². The van der Waals surface area contributed by atoms with E-state index < -0.39 is 5.63 Å². The van der Waals surface area contributed by atoms with Gasteiger partial charge in [0.1, 0.15) is 17.1 Å². The van der Waals surface area contributed by atoms with E-state index in [0.717, 1.165) is 17.4 Å². The van der Waals surface area contributed by atoms with Crippen molar-refractivity contribution in [2.75, 3.05) is 0 Å². The molecule has 0 saturated carbocycles.